The summed E-state index contributed by atoms with van der Waals surface area (Å²) in [7, 11) is 0. The van der Waals surface area contributed by atoms with Crippen molar-refractivity contribution in [1.29, 1.82) is 0 Å². The number of nitrogens with zero attached hydrogens (tertiary/aromatic N) is 5. The van der Waals surface area contributed by atoms with E-state index < -0.39 is 0 Å². The molecule has 4 N–H and O–H groups in total. The highest BCUT2D eigenvalue weighted by Crippen LogP contribution is 2.33. The maximum Gasteiger partial charge on any atom is 0.266 e. The van der Waals surface area contributed by atoms with Crippen molar-refractivity contribution in [2.75, 3.05) is 24.6 Å². The van der Waals surface area contributed by atoms with Crippen molar-refractivity contribution in [2.45, 2.75) is 19.3 Å². The lowest BCUT2D eigenvalue weighted by atomic mass is 10.1. The van der Waals surface area contributed by atoms with E-state index in [4.69, 9.17) is 11.5 Å². The second-order valence-corrected chi connectivity index (χ2v) is 6.94. The van der Waals surface area contributed by atoms with Gasteiger partial charge in [0.2, 0.25) is 5.95 Å². The van der Waals surface area contributed by atoms with Crippen molar-refractivity contribution >= 4 is 39.2 Å². The van der Waals surface area contributed by atoms with E-state index in [2.05, 4.69) is 19.9 Å². The van der Waals surface area contributed by atoms with Crippen LogP contribution in [-0.2, 0) is 0 Å². The number of rotatable bonds is 2. The van der Waals surface area contributed by atoms with Crippen molar-refractivity contribution in [1.82, 2.24) is 24.8 Å². The first-order chi connectivity index (χ1) is 12.1. The molecule has 0 atom stereocenters. The fraction of sp³-hybridized carbons (Fsp3) is 0.312. The van der Waals surface area contributed by atoms with Crippen LogP contribution in [0.2, 0.25) is 0 Å². The number of hydrogen-bond donors (Lipinski definition) is 2. The molecule has 8 nitrogen and oxygen atoms in total. The van der Waals surface area contributed by atoms with E-state index in [0.717, 1.165) is 25.9 Å². The zero-order valence-electron chi connectivity index (χ0n) is 13.5. The molecule has 25 heavy (non-hydrogen) atoms. The summed E-state index contributed by atoms with van der Waals surface area (Å²) in [6, 6.07) is 0. The highest BCUT2D eigenvalue weighted by molar-refractivity contribution is 7.21. The van der Waals surface area contributed by atoms with E-state index in [1.807, 2.05) is 4.90 Å². The molecular weight excluding hydrogens is 338 g/mol. The molecule has 1 saturated heterocycles. The molecule has 0 aromatic carbocycles. The van der Waals surface area contributed by atoms with Crippen LogP contribution in [-0.4, -0.2) is 43.8 Å². The minimum Gasteiger partial charge on any atom is -0.396 e. The van der Waals surface area contributed by atoms with Gasteiger partial charge in [0, 0.05) is 31.0 Å². The third-order valence-corrected chi connectivity index (χ3v) is 5.32. The Morgan fingerprint density at radius 1 is 1.04 bits per heavy atom. The summed E-state index contributed by atoms with van der Waals surface area (Å²) in [5.41, 5.74) is 14.0. The SMILES string of the molecule is Nc1ncc(-c2cnc3c(N)c(C(=O)N4CCCCC4)sc3n2)cn1. The van der Waals surface area contributed by atoms with E-state index in [0.29, 0.717) is 32.2 Å². The number of likely N-dealkylation sites (tertiary alicyclic amines) is 1. The molecule has 0 spiro atoms. The molecule has 1 aliphatic rings. The molecule has 0 unspecified atom stereocenters. The quantitative estimate of drug-likeness (QED) is 0.720. The van der Waals surface area contributed by atoms with Crippen LogP contribution in [0.5, 0.6) is 0 Å². The average Bonchev–Trinajstić information content (AvgIpc) is 2.98. The number of nitrogen functional groups attached to an aromatic ring is 2. The van der Waals surface area contributed by atoms with E-state index in [1.165, 1.54) is 17.8 Å². The lowest BCUT2D eigenvalue weighted by Crippen LogP contribution is -2.35. The number of carbonyl (C=O) groups excluding carboxylic acids is 1. The first-order valence-corrected chi connectivity index (χ1v) is 8.87. The Morgan fingerprint density at radius 2 is 1.76 bits per heavy atom. The van der Waals surface area contributed by atoms with Gasteiger partial charge in [-0.1, -0.05) is 0 Å². The van der Waals surface area contributed by atoms with Gasteiger partial charge in [0.1, 0.15) is 15.2 Å². The lowest BCUT2D eigenvalue weighted by molar-refractivity contribution is 0.0730. The maximum atomic E-state index is 12.7. The van der Waals surface area contributed by atoms with Crippen LogP contribution in [0.1, 0.15) is 28.9 Å². The molecule has 0 bridgehead atoms. The average molecular weight is 355 g/mol. The largest absolute Gasteiger partial charge is 0.396 e. The fourth-order valence-corrected chi connectivity index (χ4v) is 3.92. The molecule has 4 rings (SSSR count). The first-order valence-electron chi connectivity index (χ1n) is 8.05. The number of nitrogens with two attached hydrogens (primary N) is 2. The minimum atomic E-state index is -0.0284. The lowest BCUT2D eigenvalue weighted by Gasteiger charge is -2.26. The van der Waals surface area contributed by atoms with Crippen LogP contribution in [0, 0.1) is 0 Å². The predicted molar refractivity (Wildman–Crippen MR) is 97.0 cm³/mol. The topological polar surface area (TPSA) is 124 Å². The normalized spacial score (nSPS) is 14.8. The molecule has 1 amide bonds. The molecule has 1 aliphatic heterocycles. The van der Waals surface area contributed by atoms with E-state index in [9.17, 15) is 4.79 Å². The van der Waals surface area contributed by atoms with E-state index in [1.54, 1.807) is 18.6 Å². The second kappa shape index (κ2) is 6.25. The highest BCUT2D eigenvalue weighted by atomic mass is 32.1. The standard InChI is InChI=1S/C16H17N7OS/c17-11-12-14(25-13(11)15(24)23-4-2-1-3-5-23)22-10(8-19-12)9-6-20-16(18)21-7-9/h6-8H,1-5,17H2,(H2,18,20,21). The Hall–Kier alpha value is -2.81. The number of anilines is 2. The van der Waals surface area contributed by atoms with Crippen molar-refractivity contribution in [3.63, 3.8) is 0 Å². The molecular formula is C16H17N7OS. The van der Waals surface area contributed by atoms with Crippen molar-refractivity contribution < 1.29 is 4.79 Å². The Balaban J connectivity index is 1.71. The Kier molecular flexibility index (Phi) is 3.92. The van der Waals surface area contributed by atoms with Crippen LogP contribution in [0.4, 0.5) is 11.6 Å². The number of fused-ring (bicyclic) bond motifs is 1. The van der Waals surface area contributed by atoms with Crippen molar-refractivity contribution in [3.05, 3.63) is 23.5 Å². The smallest absolute Gasteiger partial charge is 0.266 e. The molecule has 1 fully saturated rings. The molecule has 4 heterocycles. The maximum absolute atomic E-state index is 12.7. The zero-order chi connectivity index (χ0) is 17.4. The zero-order valence-corrected chi connectivity index (χ0v) is 14.3. The van der Waals surface area contributed by atoms with Crippen LogP contribution < -0.4 is 11.5 Å². The molecule has 128 valence electrons. The number of thiophene rings is 1. The fourth-order valence-electron chi connectivity index (χ4n) is 2.90. The summed E-state index contributed by atoms with van der Waals surface area (Å²) in [5, 5.41) is 0. The van der Waals surface area contributed by atoms with Crippen LogP contribution >= 0.6 is 11.3 Å². The van der Waals surface area contributed by atoms with Crippen LogP contribution in [0.15, 0.2) is 18.6 Å². The number of amides is 1. The molecule has 0 aliphatic carbocycles. The second-order valence-electron chi connectivity index (χ2n) is 5.94. The summed E-state index contributed by atoms with van der Waals surface area (Å²) in [5.74, 6) is 0.173. The number of hydrogen-bond acceptors (Lipinski definition) is 8. The summed E-state index contributed by atoms with van der Waals surface area (Å²) in [4.78, 5) is 32.6. The Labute approximate surface area is 147 Å². The summed E-state index contributed by atoms with van der Waals surface area (Å²) < 4.78 is 0. The molecule has 3 aromatic heterocycles. The molecule has 9 heteroatoms. The summed E-state index contributed by atoms with van der Waals surface area (Å²) in [6.07, 6.45) is 8.03. The third kappa shape index (κ3) is 2.86. The third-order valence-electron chi connectivity index (χ3n) is 4.24. The van der Waals surface area contributed by atoms with Gasteiger partial charge < -0.3 is 16.4 Å². The highest BCUT2D eigenvalue weighted by Gasteiger charge is 2.24. The van der Waals surface area contributed by atoms with Gasteiger partial charge in [-0.25, -0.2) is 19.9 Å². The van der Waals surface area contributed by atoms with Gasteiger partial charge >= 0.3 is 0 Å². The van der Waals surface area contributed by atoms with E-state index in [-0.39, 0.29) is 11.9 Å². The van der Waals surface area contributed by atoms with Gasteiger partial charge in [0.15, 0.2) is 0 Å². The van der Waals surface area contributed by atoms with E-state index >= 15 is 0 Å². The van der Waals surface area contributed by atoms with Gasteiger partial charge in [0.25, 0.3) is 5.91 Å². The van der Waals surface area contributed by atoms with Crippen molar-refractivity contribution in [2.24, 2.45) is 0 Å². The van der Waals surface area contributed by atoms with Gasteiger partial charge in [-0.05, 0) is 19.3 Å². The first kappa shape index (κ1) is 15.7. The molecule has 0 radical (unpaired) electrons. The monoisotopic (exact) mass is 355 g/mol. The van der Waals surface area contributed by atoms with Gasteiger partial charge in [-0.3, -0.25) is 4.79 Å². The molecule has 3 aromatic rings. The minimum absolute atomic E-state index is 0.0284. The van der Waals surface area contributed by atoms with Gasteiger partial charge in [0.05, 0.1) is 17.6 Å². The van der Waals surface area contributed by atoms with Crippen molar-refractivity contribution in [3.8, 4) is 11.3 Å². The number of aromatic nitrogens is 4. The summed E-state index contributed by atoms with van der Waals surface area (Å²) >= 11 is 1.28. The molecule has 0 saturated carbocycles. The number of piperidine rings is 1. The van der Waals surface area contributed by atoms with Crippen LogP contribution in [0.3, 0.4) is 0 Å². The predicted octanol–water partition coefficient (Wildman–Crippen LogP) is 1.94. The Bertz CT molecular complexity index is 932. The number of carbonyl (C=O) groups is 1. The van der Waals surface area contributed by atoms with Crippen LogP contribution in [0.25, 0.3) is 21.6 Å². The van der Waals surface area contributed by atoms with Gasteiger partial charge in [-0.2, -0.15) is 0 Å². The Morgan fingerprint density at radius 3 is 2.48 bits per heavy atom. The van der Waals surface area contributed by atoms with Gasteiger partial charge in [-0.15, -0.1) is 11.3 Å². The summed E-state index contributed by atoms with van der Waals surface area (Å²) in [6.45, 7) is 1.56.